The Kier molecular flexibility index (Phi) is 6.08. The average Bonchev–Trinajstić information content (AvgIpc) is 3.28. The number of hydrogen-bond donors (Lipinski definition) is 0. The van der Waals surface area contributed by atoms with E-state index in [0.29, 0.717) is 5.75 Å². The van der Waals surface area contributed by atoms with Gasteiger partial charge in [0.15, 0.2) is 11.0 Å². The first-order valence-corrected chi connectivity index (χ1v) is 12.0. The maximum Gasteiger partial charge on any atom is 0.233 e. The van der Waals surface area contributed by atoms with Crippen molar-refractivity contribution in [2.24, 2.45) is 13.0 Å². The minimum absolute atomic E-state index is 0.194. The van der Waals surface area contributed by atoms with Gasteiger partial charge in [0.1, 0.15) is 0 Å². The second-order valence-electron chi connectivity index (χ2n) is 7.91. The molecule has 6 nitrogen and oxygen atoms in total. The molecule has 0 N–H and O–H groups in total. The number of piperazine rings is 1. The lowest BCUT2D eigenvalue weighted by molar-refractivity contribution is -0.129. The van der Waals surface area contributed by atoms with Crippen molar-refractivity contribution in [1.82, 2.24) is 24.6 Å². The summed E-state index contributed by atoms with van der Waals surface area (Å²) in [7, 11) is 4.11. The van der Waals surface area contributed by atoms with Crippen LogP contribution in [0.5, 0.6) is 0 Å². The van der Waals surface area contributed by atoms with E-state index in [-0.39, 0.29) is 5.91 Å². The average molecular weight is 420 g/mol. The highest BCUT2D eigenvalue weighted by Crippen LogP contribution is 2.38. The molecule has 0 spiro atoms. The smallest absolute Gasteiger partial charge is 0.233 e. The first-order chi connectivity index (χ1) is 13.5. The van der Waals surface area contributed by atoms with Crippen LogP contribution in [-0.4, -0.2) is 69.5 Å². The lowest BCUT2D eigenvalue weighted by Crippen LogP contribution is -2.47. The summed E-state index contributed by atoms with van der Waals surface area (Å²) in [6.45, 7) is 5.83. The van der Waals surface area contributed by atoms with E-state index in [1.54, 1.807) is 0 Å². The van der Waals surface area contributed by atoms with E-state index < -0.39 is 0 Å². The normalized spacial score (nSPS) is 20.4. The van der Waals surface area contributed by atoms with Crippen LogP contribution in [0.15, 0.2) is 11.2 Å². The van der Waals surface area contributed by atoms with E-state index in [0.717, 1.165) is 43.1 Å². The Hall–Kier alpha value is -1.38. The number of hydrogen-bond acceptors (Lipinski definition) is 6. The van der Waals surface area contributed by atoms with E-state index in [1.165, 1.54) is 52.8 Å². The van der Waals surface area contributed by atoms with Gasteiger partial charge in [-0.25, -0.2) is 0 Å². The standard InChI is InChI=1S/C20H29N5OS2/c1-4-14-5-6-16-15(11-14)12-17(28-16)19-21-22-20(24(19)3)27-13-18(26)25-9-7-23(2)8-10-25/h12,14H,4-11,13H2,1-3H3. The Morgan fingerprint density at radius 3 is 2.79 bits per heavy atom. The molecule has 1 fully saturated rings. The Bertz CT molecular complexity index is 838. The summed E-state index contributed by atoms with van der Waals surface area (Å²) >= 11 is 3.36. The quantitative estimate of drug-likeness (QED) is 0.698. The summed E-state index contributed by atoms with van der Waals surface area (Å²) in [5.74, 6) is 2.36. The number of carbonyl (C=O) groups is 1. The van der Waals surface area contributed by atoms with Gasteiger partial charge in [-0.1, -0.05) is 25.1 Å². The van der Waals surface area contributed by atoms with Gasteiger partial charge in [0.25, 0.3) is 0 Å². The van der Waals surface area contributed by atoms with E-state index in [4.69, 9.17) is 0 Å². The Morgan fingerprint density at radius 1 is 1.25 bits per heavy atom. The van der Waals surface area contributed by atoms with E-state index >= 15 is 0 Å². The number of aryl methyl sites for hydroxylation is 1. The highest BCUT2D eigenvalue weighted by molar-refractivity contribution is 7.99. The number of fused-ring (bicyclic) bond motifs is 1. The third-order valence-electron chi connectivity index (χ3n) is 6.00. The molecule has 1 amide bonds. The zero-order chi connectivity index (χ0) is 19.7. The number of thioether (sulfide) groups is 1. The molecule has 0 bridgehead atoms. The van der Waals surface area contributed by atoms with Crippen molar-refractivity contribution in [2.45, 2.75) is 37.8 Å². The molecule has 2 aliphatic rings. The molecule has 8 heteroatoms. The van der Waals surface area contributed by atoms with Crippen molar-refractivity contribution in [1.29, 1.82) is 0 Å². The van der Waals surface area contributed by atoms with Crippen molar-refractivity contribution in [3.63, 3.8) is 0 Å². The number of thiophene rings is 1. The van der Waals surface area contributed by atoms with Crippen molar-refractivity contribution in [3.05, 3.63) is 16.5 Å². The van der Waals surface area contributed by atoms with Crippen LogP contribution in [0.4, 0.5) is 0 Å². The summed E-state index contributed by atoms with van der Waals surface area (Å²) in [5, 5.41) is 9.62. The van der Waals surface area contributed by atoms with Gasteiger partial charge >= 0.3 is 0 Å². The predicted octanol–water partition coefficient (Wildman–Crippen LogP) is 2.92. The molecule has 2 aromatic rings. The molecule has 1 saturated heterocycles. The lowest BCUT2D eigenvalue weighted by Gasteiger charge is -2.32. The maximum atomic E-state index is 12.5. The second-order valence-corrected chi connectivity index (χ2v) is 9.99. The molecule has 1 aliphatic carbocycles. The predicted molar refractivity (Wildman–Crippen MR) is 115 cm³/mol. The molecule has 1 atom stereocenters. The van der Waals surface area contributed by atoms with Crippen LogP contribution in [0, 0.1) is 5.92 Å². The topological polar surface area (TPSA) is 54.3 Å². The number of likely N-dealkylation sites (N-methyl/N-ethyl adjacent to an activating group) is 1. The van der Waals surface area contributed by atoms with Gasteiger partial charge in [-0.2, -0.15) is 0 Å². The van der Waals surface area contributed by atoms with E-state index in [2.05, 4.69) is 35.1 Å². The molecule has 1 unspecified atom stereocenters. The van der Waals surface area contributed by atoms with Crippen LogP contribution in [0.25, 0.3) is 10.7 Å². The minimum atomic E-state index is 0.194. The van der Waals surface area contributed by atoms with Crippen LogP contribution < -0.4 is 0 Å². The molecule has 2 aromatic heterocycles. The van der Waals surface area contributed by atoms with Crippen LogP contribution in [-0.2, 0) is 24.7 Å². The fraction of sp³-hybridized carbons (Fsp3) is 0.650. The van der Waals surface area contributed by atoms with Gasteiger partial charge in [-0.3, -0.25) is 4.79 Å². The van der Waals surface area contributed by atoms with Crippen LogP contribution >= 0.6 is 23.1 Å². The minimum Gasteiger partial charge on any atom is -0.339 e. The fourth-order valence-electron chi connectivity index (χ4n) is 3.99. The number of carbonyl (C=O) groups excluding carboxylic acids is 1. The molecule has 1 aliphatic heterocycles. The third-order valence-corrected chi connectivity index (χ3v) is 8.24. The Morgan fingerprint density at radius 2 is 2.04 bits per heavy atom. The number of nitrogens with zero attached hydrogens (tertiary/aromatic N) is 5. The summed E-state index contributed by atoms with van der Waals surface area (Å²) < 4.78 is 2.04. The number of rotatable bonds is 5. The first kappa shape index (κ1) is 19.9. The molecule has 3 heterocycles. The molecular weight excluding hydrogens is 390 g/mol. The Balaban J connectivity index is 1.41. The van der Waals surface area contributed by atoms with Crippen molar-refractivity contribution >= 4 is 29.0 Å². The molecule has 0 saturated carbocycles. The summed E-state index contributed by atoms with van der Waals surface area (Å²) in [5.41, 5.74) is 1.50. The van der Waals surface area contributed by atoms with Gasteiger partial charge in [0.2, 0.25) is 5.91 Å². The molecule has 4 rings (SSSR count). The highest BCUT2D eigenvalue weighted by Gasteiger charge is 2.23. The van der Waals surface area contributed by atoms with Gasteiger partial charge in [-0.15, -0.1) is 21.5 Å². The van der Waals surface area contributed by atoms with Crippen molar-refractivity contribution in [3.8, 4) is 10.7 Å². The molecule has 0 aromatic carbocycles. The lowest BCUT2D eigenvalue weighted by atomic mass is 9.87. The molecular formula is C20H29N5OS2. The third kappa shape index (κ3) is 4.14. The van der Waals surface area contributed by atoms with Crippen LogP contribution in [0.3, 0.4) is 0 Å². The fourth-order valence-corrected chi connectivity index (χ4v) is 6.03. The number of aromatic nitrogens is 3. The Labute approximate surface area is 175 Å². The molecule has 28 heavy (non-hydrogen) atoms. The zero-order valence-electron chi connectivity index (χ0n) is 17.0. The summed E-state index contributed by atoms with van der Waals surface area (Å²) in [6, 6.07) is 2.32. The van der Waals surface area contributed by atoms with Gasteiger partial charge in [0.05, 0.1) is 10.6 Å². The van der Waals surface area contributed by atoms with Crippen LogP contribution in [0.2, 0.25) is 0 Å². The van der Waals surface area contributed by atoms with E-state index in [1.807, 2.05) is 27.9 Å². The van der Waals surface area contributed by atoms with Crippen LogP contribution in [0.1, 0.15) is 30.2 Å². The summed E-state index contributed by atoms with van der Waals surface area (Å²) in [4.78, 5) is 19.4. The van der Waals surface area contributed by atoms with Crippen molar-refractivity contribution < 1.29 is 4.79 Å². The SMILES string of the molecule is CCC1CCc2sc(-c3nnc(SCC(=O)N4CCN(C)CC4)n3C)cc2C1. The highest BCUT2D eigenvalue weighted by atomic mass is 32.2. The van der Waals surface area contributed by atoms with Crippen molar-refractivity contribution in [2.75, 3.05) is 39.0 Å². The number of amides is 1. The second kappa shape index (κ2) is 8.55. The van der Waals surface area contributed by atoms with Gasteiger partial charge in [0, 0.05) is 38.1 Å². The molecule has 152 valence electrons. The van der Waals surface area contributed by atoms with Gasteiger partial charge < -0.3 is 14.4 Å². The first-order valence-electron chi connectivity index (χ1n) is 10.2. The maximum absolute atomic E-state index is 12.5. The molecule has 0 radical (unpaired) electrons. The van der Waals surface area contributed by atoms with E-state index in [9.17, 15) is 4.79 Å². The summed E-state index contributed by atoms with van der Waals surface area (Å²) in [6.07, 6.45) is 4.95. The largest absolute Gasteiger partial charge is 0.339 e. The zero-order valence-corrected chi connectivity index (χ0v) is 18.6. The monoisotopic (exact) mass is 419 g/mol. The van der Waals surface area contributed by atoms with Gasteiger partial charge in [-0.05, 0) is 43.9 Å².